The zero-order valence-electron chi connectivity index (χ0n) is 9.30. The first-order chi connectivity index (χ1) is 6.86. The SMILES string of the molecule is C=CC(CCC1CCCCO1)NCC. The molecule has 1 heterocycles. The maximum atomic E-state index is 5.69. The molecule has 82 valence electrons. The van der Waals surface area contributed by atoms with Crippen LogP contribution in [0.4, 0.5) is 0 Å². The fraction of sp³-hybridized carbons (Fsp3) is 0.833. The van der Waals surface area contributed by atoms with Crippen LogP contribution in [0.15, 0.2) is 12.7 Å². The summed E-state index contributed by atoms with van der Waals surface area (Å²) in [7, 11) is 0. The Kier molecular flexibility index (Phi) is 5.88. The summed E-state index contributed by atoms with van der Waals surface area (Å²) in [6, 6.07) is 0.463. The minimum atomic E-state index is 0.463. The molecule has 1 rings (SSSR count). The summed E-state index contributed by atoms with van der Waals surface area (Å²) in [5.41, 5.74) is 0. The molecule has 0 amide bonds. The minimum absolute atomic E-state index is 0.463. The summed E-state index contributed by atoms with van der Waals surface area (Å²) in [6.07, 6.45) is 8.66. The van der Waals surface area contributed by atoms with Crippen molar-refractivity contribution in [1.29, 1.82) is 0 Å². The maximum Gasteiger partial charge on any atom is 0.0575 e. The van der Waals surface area contributed by atoms with Gasteiger partial charge in [-0.2, -0.15) is 0 Å². The lowest BCUT2D eigenvalue weighted by Gasteiger charge is -2.24. The molecule has 2 heteroatoms. The van der Waals surface area contributed by atoms with Gasteiger partial charge >= 0.3 is 0 Å². The largest absolute Gasteiger partial charge is 0.378 e. The predicted octanol–water partition coefficient (Wildman–Crippen LogP) is 2.50. The lowest BCUT2D eigenvalue weighted by molar-refractivity contribution is 0.00929. The van der Waals surface area contributed by atoms with Crippen molar-refractivity contribution in [2.24, 2.45) is 0 Å². The average molecular weight is 197 g/mol. The van der Waals surface area contributed by atoms with Crippen LogP contribution < -0.4 is 5.32 Å². The molecule has 0 radical (unpaired) electrons. The van der Waals surface area contributed by atoms with E-state index < -0.39 is 0 Å². The molecule has 0 aromatic carbocycles. The third-order valence-electron chi connectivity index (χ3n) is 2.82. The molecule has 2 nitrogen and oxygen atoms in total. The molecule has 1 aliphatic rings. The van der Waals surface area contributed by atoms with Crippen molar-refractivity contribution in [1.82, 2.24) is 5.32 Å². The average Bonchev–Trinajstić information content (AvgIpc) is 2.25. The van der Waals surface area contributed by atoms with Crippen molar-refractivity contribution in [2.45, 2.75) is 51.2 Å². The van der Waals surface area contributed by atoms with Gasteiger partial charge in [-0.25, -0.2) is 0 Å². The second kappa shape index (κ2) is 7.02. The third-order valence-corrected chi connectivity index (χ3v) is 2.82. The van der Waals surface area contributed by atoms with E-state index in [1.165, 1.54) is 25.7 Å². The Morgan fingerprint density at radius 3 is 3.00 bits per heavy atom. The predicted molar refractivity (Wildman–Crippen MR) is 60.5 cm³/mol. The monoisotopic (exact) mass is 197 g/mol. The van der Waals surface area contributed by atoms with Crippen LogP contribution in [0.2, 0.25) is 0 Å². The van der Waals surface area contributed by atoms with Gasteiger partial charge in [0.15, 0.2) is 0 Å². The van der Waals surface area contributed by atoms with Crippen molar-refractivity contribution in [3.8, 4) is 0 Å². The summed E-state index contributed by atoms with van der Waals surface area (Å²) < 4.78 is 5.69. The highest BCUT2D eigenvalue weighted by Crippen LogP contribution is 2.17. The number of likely N-dealkylation sites (N-methyl/N-ethyl adjacent to an activating group) is 1. The Morgan fingerprint density at radius 2 is 2.43 bits per heavy atom. The van der Waals surface area contributed by atoms with Gasteiger partial charge in [-0.05, 0) is 38.6 Å². The fourth-order valence-corrected chi connectivity index (χ4v) is 1.97. The first-order valence-corrected chi connectivity index (χ1v) is 5.84. The summed E-state index contributed by atoms with van der Waals surface area (Å²) in [4.78, 5) is 0. The highest BCUT2D eigenvalue weighted by atomic mass is 16.5. The van der Waals surface area contributed by atoms with Crippen molar-refractivity contribution in [3.63, 3.8) is 0 Å². The van der Waals surface area contributed by atoms with Crippen LogP contribution in [-0.4, -0.2) is 25.3 Å². The molecule has 0 bridgehead atoms. The first-order valence-electron chi connectivity index (χ1n) is 5.84. The highest BCUT2D eigenvalue weighted by Gasteiger charge is 2.14. The molecule has 0 aromatic heterocycles. The van der Waals surface area contributed by atoms with Crippen LogP contribution in [0.5, 0.6) is 0 Å². The number of rotatable bonds is 6. The van der Waals surface area contributed by atoms with Crippen LogP contribution >= 0.6 is 0 Å². The number of hydrogen-bond acceptors (Lipinski definition) is 2. The smallest absolute Gasteiger partial charge is 0.0575 e. The van der Waals surface area contributed by atoms with Gasteiger partial charge in [0.05, 0.1) is 6.10 Å². The first kappa shape index (κ1) is 11.7. The van der Waals surface area contributed by atoms with Crippen LogP contribution in [-0.2, 0) is 4.74 Å². The molecule has 0 spiro atoms. The lowest BCUT2D eigenvalue weighted by Crippen LogP contribution is -2.29. The Bertz CT molecular complexity index is 152. The molecule has 1 N–H and O–H groups in total. The van der Waals surface area contributed by atoms with Crippen LogP contribution in [0.3, 0.4) is 0 Å². The van der Waals surface area contributed by atoms with E-state index in [2.05, 4.69) is 18.8 Å². The van der Waals surface area contributed by atoms with Crippen molar-refractivity contribution >= 4 is 0 Å². The molecule has 1 aliphatic heterocycles. The molecular formula is C12H23NO. The quantitative estimate of drug-likeness (QED) is 0.661. The van der Waals surface area contributed by atoms with Crippen LogP contribution in [0.1, 0.15) is 39.0 Å². The zero-order chi connectivity index (χ0) is 10.2. The fourth-order valence-electron chi connectivity index (χ4n) is 1.97. The van der Waals surface area contributed by atoms with E-state index in [0.29, 0.717) is 12.1 Å². The van der Waals surface area contributed by atoms with E-state index in [1.54, 1.807) is 0 Å². The van der Waals surface area contributed by atoms with E-state index in [4.69, 9.17) is 4.74 Å². The molecule has 0 saturated carbocycles. The van der Waals surface area contributed by atoms with E-state index in [9.17, 15) is 0 Å². The summed E-state index contributed by atoms with van der Waals surface area (Å²) in [6.45, 7) is 7.95. The van der Waals surface area contributed by atoms with Gasteiger partial charge in [0.25, 0.3) is 0 Å². The van der Waals surface area contributed by atoms with Gasteiger partial charge in [0.1, 0.15) is 0 Å². The molecule has 1 fully saturated rings. The van der Waals surface area contributed by atoms with Crippen molar-refractivity contribution < 1.29 is 4.74 Å². The van der Waals surface area contributed by atoms with Crippen molar-refractivity contribution in [2.75, 3.05) is 13.2 Å². The molecule has 1 saturated heterocycles. The zero-order valence-corrected chi connectivity index (χ0v) is 9.30. The topological polar surface area (TPSA) is 21.3 Å². The van der Waals surface area contributed by atoms with E-state index in [-0.39, 0.29) is 0 Å². The summed E-state index contributed by atoms with van der Waals surface area (Å²) >= 11 is 0. The van der Waals surface area contributed by atoms with E-state index in [1.807, 2.05) is 6.08 Å². The number of hydrogen-bond donors (Lipinski definition) is 1. The van der Waals surface area contributed by atoms with Crippen molar-refractivity contribution in [3.05, 3.63) is 12.7 Å². The normalized spacial score (nSPS) is 24.5. The van der Waals surface area contributed by atoms with Gasteiger partial charge in [0.2, 0.25) is 0 Å². The van der Waals surface area contributed by atoms with Gasteiger partial charge < -0.3 is 10.1 Å². The minimum Gasteiger partial charge on any atom is -0.378 e. The lowest BCUT2D eigenvalue weighted by atomic mass is 10.0. The Labute approximate surface area is 87.7 Å². The molecular weight excluding hydrogens is 174 g/mol. The summed E-state index contributed by atoms with van der Waals surface area (Å²) in [5.74, 6) is 0. The van der Waals surface area contributed by atoms with Gasteiger partial charge in [0, 0.05) is 12.6 Å². The number of ether oxygens (including phenoxy) is 1. The van der Waals surface area contributed by atoms with Gasteiger partial charge in [-0.3, -0.25) is 0 Å². The molecule has 2 atom stereocenters. The highest BCUT2D eigenvalue weighted by molar-refractivity contribution is 4.85. The Balaban J connectivity index is 2.13. The summed E-state index contributed by atoms with van der Waals surface area (Å²) in [5, 5.41) is 3.40. The Morgan fingerprint density at radius 1 is 1.57 bits per heavy atom. The molecule has 0 aromatic rings. The van der Waals surface area contributed by atoms with Gasteiger partial charge in [-0.15, -0.1) is 6.58 Å². The standard InChI is InChI=1S/C12H23NO/c1-3-11(13-4-2)8-9-12-7-5-6-10-14-12/h3,11-13H,1,4-10H2,2H3. The maximum absolute atomic E-state index is 5.69. The molecule has 0 aliphatic carbocycles. The Hall–Kier alpha value is -0.340. The molecule has 14 heavy (non-hydrogen) atoms. The number of nitrogens with one attached hydrogen (secondary N) is 1. The van der Waals surface area contributed by atoms with E-state index >= 15 is 0 Å². The second-order valence-electron chi connectivity index (χ2n) is 3.97. The van der Waals surface area contributed by atoms with Crippen LogP contribution in [0.25, 0.3) is 0 Å². The third kappa shape index (κ3) is 4.25. The molecule has 2 unspecified atom stereocenters. The van der Waals surface area contributed by atoms with E-state index in [0.717, 1.165) is 19.6 Å². The second-order valence-corrected chi connectivity index (χ2v) is 3.97. The van der Waals surface area contributed by atoms with Crippen LogP contribution in [0, 0.1) is 0 Å². The van der Waals surface area contributed by atoms with Gasteiger partial charge in [-0.1, -0.05) is 13.0 Å².